The fourth-order valence-electron chi connectivity index (χ4n) is 2.28. The van der Waals surface area contributed by atoms with E-state index in [0.717, 1.165) is 10.5 Å². The zero-order chi connectivity index (χ0) is 15.6. The molecular weight excluding hydrogens is 305 g/mol. The highest BCUT2D eigenvalue weighted by atomic mass is 32.1. The maximum Gasteiger partial charge on any atom is 0.406 e. The molecule has 1 aliphatic rings. The maximum absolute atomic E-state index is 12.3. The summed E-state index contributed by atoms with van der Waals surface area (Å²) in [5, 5.41) is 4.31. The molecule has 0 radical (unpaired) electrons. The molecule has 0 bridgehead atoms. The number of aryl methyl sites for hydroxylation is 1. The van der Waals surface area contributed by atoms with Crippen LogP contribution in [0.5, 0.6) is 0 Å². The minimum absolute atomic E-state index is 0.00830. The highest BCUT2D eigenvalue weighted by Gasteiger charge is 2.39. The third kappa shape index (κ3) is 3.75. The normalized spacial score (nSPS) is 19.1. The number of nitrogens with one attached hydrogen (secondary N) is 1. The second kappa shape index (κ2) is 6.05. The maximum atomic E-state index is 12.3. The second-order valence-corrected chi connectivity index (χ2v) is 5.73. The quantitative estimate of drug-likeness (QED) is 0.925. The molecule has 2 rings (SSSR count). The highest BCUT2D eigenvalue weighted by molar-refractivity contribution is 7.12. The van der Waals surface area contributed by atoms with Gasteiger partial charge in [-0.1, -0.05) is 6.92 Å². The Morgan fingerprint density at radius 1 is 1.52 bits per heavy atom. The van der Waals surface area contributed by atoms with Crippen molar-refractivity contribution in [1.82, 2.24) is 10.2 Å². The van der Waals surface area contributed by atoms with Crippen molar-refractivity contribution in [3.63, 3.8) is 0 Å². The molecule has 116 valence electrons. The Kier molecular flexibility index (Phi) is 4.55. The van der Waals surface area contributed by atoms with Crippen LogP contribution in [-0.4, -0.2) is 42.0 Å². The van der Waals surface area contributed by atoms with Crippen LogP contribution in [0.2, 0.25) is 0 Å². The number of alkyl halides is 3. The summed E-state index contributed by atoms with van der Waals surface area (Å²) in [5.74, 6) is -1.07. The van der Waals surface area contributed by atoms with Crippen molar-refractivity contribution in [2.75, 3.05) is 13.1 Å². The number of nitrogens with zero attached hydrogens (tertiary/aromatic N) is 1. The molecule has 4 nitrogen and oxygen atoms in total. The SMILES string of the molecule is CCc1ccsc1C(=O)NC1CCN(CC(F)(F)F)C1=O. The molecule has 1 saturated heterocycles. The minimum Gasteiger partial charge on any atom is -0.339 e. The van der Waals surface area contributed by atoms with Gasteiger partial charge in [-0.3, -0.25) is 9.59 Å². The molecule has 2 amide bonds. The van der Waals surface area contributed by atoms with Crippen LogP contribution in [0, 0.1) is 0 Å². The fourth-order valence-corrected chi connectivity index (χ4v) is 3.18. The summed E-state index contributed by atoms with van der Waals surface area (Å²) in [4.78, 5) is 25.2. The van der Waals surface area contributed by atoms with Crippen LogP contribution in [-0.2, 0) is 11.2 Å². The predicted molar refractivity (Wildman–Crippen MR) is 72.2 cm³/mol. The number of carbonyl (C=O) groups is 2. The smallest absolute Gasteiger partial charge is 0.339 e. The molecule has 1 unspecified atom stereocenters. The first kappa shape index (κ1) is 15.8. The Morgan fingerprint density at radius 3 is 2.86 bits per heavy atom. The summed E-state index contributed by atoms with van der Waals surface area (Å²) in [5.41, 5.74) is 0.870. The van der Waals surface area contributed by atoms with E-state index in [2.05, 4.69) is 5.32 Å². The standard InChI is InChI=1S/C13H15F3N2O2S/c1-2-8-4-6-21-10(8)11(19)17-9-3-5-18(12(9)20)7-13(14,15)16/h4,6,9H,2-3,5,7H2,1H3,(H,17,19). The van der Waals surface area contributed by atoms with E-state index in [1.54, 1.807) is 5.38 Å². The number of thiophene rings is 1. The average Bonchev–Trinajstić information content (AvgIpc) is 2.98. The van der Waals surface area contributed by atoms with E-state index in [-0.39, 0.29) is 13.0 Å². The van der Waals surface area contributed by atoms with E-state index in [4.69, 9.17) is 0 Å². The Hall–Kier alpha value is -1.57. The number of carbonyl (C=O) groups excluding carboxylic acids is 2. The van der Waals surface area contributed by atoms with E-state index < -0.39 is 30.6 Å². The lowest BCUT2D eigenvalue weighted by Crippen LogP contribution is -2.43. The molecule has 21 heavy (non-hydrogen) atoms. The van der Waals surface area contributed by atoms with Crippen LogP contribution >= 0.6 is 11.3 Å². The van der Waals surface area contributed by atoms with E-state index in [9.17, 15) is 22.8 Å². The molecule has 1 aromatic heterocycles. The number of likely N-dealkylation sites (tertiary alicyclic amines) is 1. The van der Waals surface area contributed by atoms with Crippen molar-refractivity contribution >= 4 is 23.2 Å². The first-order valence-electron chi connectivity index (χ1n) is 6.54. The number of amides is 2. The van der Waals surface area contributed by atoms with E-state index in [1.165, 1.54) is 11.3 Å². The van der Waals surface area contributed by atoms with Gasteiger partial charge in [0, 0.05) is 6.54 Å². The molecule has 8 heteroatoms. The van der Waals surface area contributed by atoms with Crippen molar-refractivity contribution in [2.45, 2.75) is 32.0 Å². The predicted octanol–water partition coefficient (Wildman–Crippen LogP) is 2.20. The molecule has 2 heterocycles. The van der Waals surface area contributed by atoms with Gasteiger partial charge >= 0.3 is 6.18 Å². The lowest BCUT2D eigenvalue weighted by Gasteiger charge is -2.18. The molecule has 0 aliphatic carbocycles. The summed E-state index contributed by atoms with van der Waals surface area (Å²) >= 11 is 1.26. The van der Waals surface area contributed by atoms with Crippen LogP contribution in [0.15, 0.2) is 11.4 Å². The Bertz CT molecular complexity index is 542. The molecule has 1 aromatic rings. The van der Waals surface area contributed by atoms with Gasteiger partial charge in [0.25, 0.3) is 5.91 Å². The van der Waals surface area contributed by atoms with Crippen molar-refractivity contribution in [2.24, 2.45) is 0 Å². The zero-order valence-electron chi connectivity index (χ0n) is 11.4. The van der Waals surface area contributed by atoms with Crippen molar-refractivity contribution < 1.29 is 22.8 Å². The summed E-state index contributed by atoms with van der Waals surface area (Å²) in [6.07, 6.45) is -3.53. The van der Waals surface area contributed by atoms with Gasteiger partial charge in [0.1, 0.15) is 12.6 Å². The molecule has 1 fully saturated rings. The van der Waals surface area contributed by atoms with Gasteiger partial charge in [0.2, 0.25) is 5.91 Å². The molecule has 0 spiro atoms. The second-order valence-electron chi connectivity index (χ2n) is 4.82. The van der Waals surface area contributed by atoms with Crippen LogP contribution < -0.4 is 5.32 Å². The fraction of sp³-hybridized carbons (Fsp3) is 0.538. The number of rotatable bonds is 4. The van der Waals surface area contributed by atoms with E-state index in [1.807, 2.05) is 13.0 Å². The summed E-state index contributed by atoms with van der Waals surface area (Å²) < 4.78 is 36.9. The van der Waals surface area contributed by atoms with Crippen LogP contribution in [0.4, 0.5) is 13.2 Å². The molecule has 0 saturated carbocycles. The Morgan fingerprint density at radius 2 is 2.24 bits per heavy atom. The van der Waals surface area contributed by atoms with Gasteiger partial charge in [-0.05, 0) is 29.9 Å². The monoisotopic (exact) mass is 320 g/mol. The van der Waals surface area contributed by atoms with Gasteiger partial charge in [-0.15, -0.1) is 11.3 Å². The van der Waals surface area contributed by atoms with Crippen LogP contribution in [0.25, 0.3) is 0 Å². The third-order valence-corrected chi connectivity index (χ3v) is 4.26. The van der Waals surface area contributed by atoms with Crippen molar-refractivity contribution in [3.8, 4) is 0 Å². The summed E-state index contributed by atoms with van der Waals surface area (Å²) in [6, 6.07) is 0.957. The average molecular weight is 320 g/mol. The van der Waals surface area contributed by atoms with Crippen LogP contribution in [0.3, 0.4) is 0 Å². The molecule has 1 atom stereocenters. The summed E-state index contributed by atoms with van der Waals surface area (Å²) in [7, 11) is 0. The molecule has 1 N–H and O–H groups in total. The number of halogens is 3. The molecular formula is C13H15F3N2O2S. The lowest BCUT2D eigenvalue weighted by molar-refractivity contribution is -0.157. The minimum atomic E-state index is -4.42. The number of hydrogen-bond donors (Lipinski definition) is 1. The van der Waals surface area contributed by atoms with Gasteiger partial charge in [0.05, 0.1) is 4.88 Å². The Labute approximate surface area is 123 Å². The largest absolute Gasteiger partial charge is 0.406 e. The van der Waals surface area contributed by atoms with Gasteiger partial charge < -0.3 is 10.2 Å². The summed E-state index contributed by atoms with van der Waals surface area (Å²) in [6.45, 7) is 0.649. The van der Waals surface area contributed by atoms with Crippen LogP contribution in [0.1, 0.15) is 28.6 Å². The van der Waals surface area contributed by atoms with E-state index in [0.29, 0.717) is 11.3 Å². The lowest BCUT2D eigenvalue weighted by atomic mass is 10.2. The molecule has 1 aliphatic heterocycles. The van der Waals surface area contributed by atoms with Gasteiger partial charge in [-0.25, -0.2) is 0 Å². The highest BCUT2D eigenvalue weighted by Crippen LogP contribution is 2.22. The van der Waals surface area contributed by atoms with Crippen molar-refractivity contribution in [1.29, 1.82) is 0 Å². The molecule has 0 aromatic carbocycles. The Balaban J connectivity index is 1.98. The first-order valence-corrected chi connectivity index (χ1v) is 7.42. The zero-order valence-corrected chi connectivity index (χ0v) is 12.2. The first-order chi connectivity index (χ1) is 9.81. The topological polar surface area (TPSA) is 49.4 Å². The van der Waals surface area contributed by atoms with Gasteiger partial charge in [0.15, 0.2) is 0 Å². The van der Waals surface area contributed by atoms with E-state index >= 15 is 0 Å². The number of hydrogen-bond acceptors (Lipinski definition) is 3. The third-order valence-electron chi connectivity index (χ3n) is 3.31. The van der Waals surface area contributed by atoms with Gasteiger partial charge in [-0.2, -0.15) is 13.2 Å². The van der Waals surface area contributed by atoms with Crippen molar-refractivity contribution in [3.05, 3.63) is 21.9 Å².